The molecule has 0 saturated heterocycles. The van der Waals surface area contributed by atoms with Gasteiger partial charge in [0.25, 0.3) is 5.91 Å². The Kier molecular flexibility index (Phi) is 6.71. The lowest BCUT2D eigenvalue weighted by Gasteiger charge is -2.32. The van der Waals surface area contributed by atoms with E-state index in [2.05, 4.69) is 18.1 Å². The van der Waals surface area contributed by atoms with Crippen molar-refractivity contribution < 1.29 is 9.18 Å². The first-order valence-corrected chi connectivity index (χ1v) is 10.6. The Morgan fingerprint density at radius 1 is 1.00 bits per heavy atom. The van der Waals surface area contributed by atoms with Crippen LogP contribution in [-0.4, -0.2) is 24.2 Å². The van der Waals surface area contributed by atoms with Crippen molar-refractivity contribution in [3.8, 4) is 0 Å². The predicted octanol–water partition coefficient (Wildman–Crippen LogP) is 4.46. The van der Waals surface area contributed by atoms with Gasteiger partial charge in [0.1, 0.15) is 19.4 Å². The minimum atomic E-state index is -0.265. The number of carbonyl (C=O) groups excluding carboxylic acids is 1. The molecule has 2 fully saturated rings. The summed E-state index contributed by atoms with van der Waals surface area (Å²) in [6, 6.07) is 2.96. The third-order valence-corrected chi connectivity index (χ3v) is 6.22. The van der Waals surface area contributed by atoms with E-state index in [1.807, 2.05) is 0 Å². The van der Waals surface area contributed by atoms with Gasteiger partial charge in [0, 0.05) is 11.4 Å². The molecule has 1 aromatic rings. The fraction of sp³-hybridized carbons (Fsp3) is 0.714. The van der Waals surface area contributed by atoms with E-state index in [0.717, 1.165) is 51.4 Å². The minimum Gasteiger partial charge on any atom is -0.353 e. The molecule has 3 rings (SSSR count). The Bertz CT molecular complexity index is 606. The highest BCUT2D eigenvalue weighted by Gasteiger charge is 2.28. The molecule has 0 unspecified atom stereocenters. The van der Waals surface area contributed by atoms with Crippen molar-refractivity contribution in [1.82, 2.24) is 10.3 Å². The number of aromatic nitrogens is 1. The molecule has 1 aromatic heterocycles. The van der Waals surface area contributed by atoms with Crippen molar-refractivity contribution in [1.29, 1.82) is 0 Å². The number of nitrogens with zero attached hydrogens (tertiary/aromatic N) is 1. The van der Waals surface area contributed by atoms with Gasteiger partial charge >= 0.3 is 0 Å². The summed E-state index contributed by atoms with van der Waals surface area (Å²) in [6.07, 6.45) is 15.0. The summed E-state index contributed by atoms with van der Waals surface area (Å²) in [7, 11) is 2.16. The Labute approximate surface area is 158 Å². The molecule has 2 aliphatic rings. The van der Waals surface area contributed by atoms with Crippen molar-refractivity contribution in [2.45, 2.75) is 94.8 Å². The van der Waals surface area contributed by atoms with E-state index < -0.39 is 0 Å². The van der Waals surface area contributed by atoms with Crippen molar-refractivity contribution >= 4 is 13.8 Å². The van der Waals surface area contributed by atoms with Gasteiger partial charge in [-0.3, -0.25) is 4.79 Å². The van der Waals surface area contributed by atoms with Crippen LogP contribution in [0.3, 0.4) is 0 Å². The van der Waals surface area contributed by atoms with Gasteiger partial charge in [-0.25, -0.2) is 9.37 Å². The first-order chi connectivity index (χ1) is 12.6. The zero-order valence-electron chi connectivity index (χ0n) is 16.2. The highest BCUT2D eigenvalue weighted by molar-refractivity contribution is 6.17. The number of hydrogen-bond acceptors (Lipinski definition) is 2. The normalized spacial score (nSPS) is 22.0. The lowest BCUT2D eigenvalue weighted by molar-refractivity contribution is 0.0913. The first kappa shape index (κ1) is 19.4. The molecule has 0 spiro atoms. The van der Waals surface area contributed by atoms with Crippen LogP contribution in [0.5, 0.6) is 0 Å². The smallest absolute Gasteiger partial charge is 0.269 e. The molecule has 26 heavy (non-hydrogen) atoms. The molecule has 3 nitrogen and oxygen atoms in total. The van der Waals surface area contributed by atoms with Crippen LogP contribution < -0.4 is 5.32 Å². The topological polar surface area (TPSA) is 42.0 Å². The highest BCUT2D eigenvalue weighted by Crippen LogP contribution is 2.34. The third kappa shape index (κ3) is 5.08. The van der Waals surface area contributed by atoms with E-state index in [0.29, 0.717) is 11.4 Å². The van der Waals surface area contributed by atoms with Gasteiger partial charge in [-0.05, 0) is 37.8 Å². The fourth-order valence-corrected chi connectivity index (χ4v) is 4.57. The Morgan fingerprint density at radius 3 is 2.19 bits per heavy atom. The van der Waals surface area contributed by atoms with E-state index in [-0.39, 0.29) is 23.1 Å². The zero-order chi connectivity index (χ0) is 18.4. The van der Waals surface area contributed by atoms with Crippen molar-refractivity contribution in [3.05, 3.63) is 29.3 Å². The maximum absolute atomic E-state index is 14.2. The zero-order valence-corrected chi connectivity index (χ0v) is 16.2. The van der Waals surface area contributed by atoms with E-state index in [9.17, 15) is 9.18 Å². The second-order valence-electron chi connectivity index (χ2n) is 8.53. The average Bonchev–Trinajstić information content (AvgIpc) is 3.15. The summed E-state index contributed by atoms with van der Waals surface area (Å²) >= 11 is 0. The van der Waals surface area contributed by atoms with Gasteiger partial charge in [-0.1, -0.05) is 57.8 Å². The minimum absolute atomic E-state index is 0.149. The molecule has 2 aliphatic carbocycles. The summed E-state index contributed by atoms with van der Waals surface area (Å²) < 4.78 is 14.2. The molecule has 0 aromatic carbocycles. The number of pyridine rings is 1. The molecule has 0 radical (unpaired) electrons. The van der Waals surface area contributed by atoms with Crippen LogP contribution in [0.1, 0.15) is 106 Å². The number of halogens is 1. The van der Waals surface area contributed by atoms with E-state index in [4.69, 9.17) is 0 Å². The van der Waals surface area contributed by atoms with Crippen LogP contribution in [0.4, 0.5) is 4.39 Å². The Balaban J connectivity index is 1.70. The second-order valence-corrected chi connectivity index (χ2v) is 8.53. The van der Waals surface area contributed by atoms with E-state index >= 15 is 0 Å². The van der Waals surface area contributed by atoms with Crippen LogP contribution >= 0.6 is 0 Å². The van der Waals surface area contributed by atoms with Crippen LogP contribution in [0.15, 0.2) is 12.1 Å². The van der Waals surface area contributed by atoms with Gasteiger partial charge < -0.3 is 5.32 Å². The number of nitrogens with one attached hydrogen (secondary N) is 1. The third-order valence-electron chi connectivity index (χ3n) is 6.22. The van der Waals surface area contributed by atoms with Crippen molar-refractivity contribution in [3.63, 3.8) is 0 Å². The molecule has 1 N–H and O–H groups in total. The summed E-state index contributed by atoms with van der Waals surface area (Å²) in [4.78, 5) is 17.3. The molecule has 0 aliphatic heterocycles. The van der Waals surface area contributed by atoms with Gasteiger partial charge in [0.2, 0.25) is 0 Å². The van der Waals surface area contributed by atoms with E-state index in [1.165, 1.54) is 44.2 Å². The standard InChI is InChI=1S/C21H32BFN2O/c22-21(14-8-4-2-1-3-5-9-15-21)25-20(26)18-13-12-17(23)19(24-18)16-10-6-7-11-16/h12-13,16H,1-11,14-15,22H2,(H,25,26). The number of rotatable bonds is 3. The van der Waals surface area contributed by atoms with Gasteiger partial charge in [0.15, 0.2) is 0 Å². The molecule has 0 atom stereocenters. The van der Waals surface area contributed by atoms with Gasteiger partial charge in [0.05, 0.1) is 5.69 Å². The van der Waals surface area contributed by atoms with Gasteiger partial charge in [-0.2, -0.15) is 0 Å². The highest BCUT2D eigenvalue weighted by atomic mass is 19.1. The molecule has 1 heterocycles. The van der Waals surface area contributed by atoms with Crippen LogP contribution in [0.25, 0.3) is 0 Å². The summed E-state index contributed by atoms with van der Waals surface area (Å²) in [5.41, 5.74) is 0.677. The van der Waals surface area contributed by atoms with E-state index in [1.54, 1.807) is 0 Å². The lowest BCUT2D eigenvalue weighted by Crippen LogP contribution is -2.49. The quantitative estimate of drug-likeness (QED) is 0.811. The van der Waals surface area contributed by atoms with Gasteiger partial charge in [-0.15, -0.1) is 0 Å². The summed E-state index contributed by atoms with van der Waals surface area (Å²) in [5, 5.41) is 3.24. The predicted molar refractivity (Wildman–Crippen MR) is 106 cm³/mol. The molecule has 2 saturated carbocycles. The Hall–Kier alpha value is -1.39. The Morgan fingerprint density at radius 2 is 1.58 bits per heavy atom. The lowest BCUT2D eigenvalue weighted by atomic mass is 9.69. The second kappa shape index (κ2) is 9.01. The SMILES string of the molecule is BC1(NC(=O)c2ccc(F)c(C3CCCC3)n2)CCCCCCCCC1. The van der Waals surface area contributed by atoms with Crippen LogP contribution in [0, 0.1) is 5.82 Å². The largest absolute Gasteiger partial charge is 0.353 e. The molecule has 0 bridgehead atoms. The van der Waals surface area contributed by atoms with Crippen molar-refractivity contribution in [2.24, 2.45) is 0 Å². The molecule has 142 valence electrons. The fourth-order valence-electron chi connectivity index (χ4n) is 4.57. The van der Waals surface area contributed by atoms with Crippen LogP contribution in [0.2, 0.25) is 0 Å². The number of hydrogen-bond donors (Lipinski definition) is 1. The first-order valence-electron chi connectivity index (χ1n) is 10.6. The number of amides is 1. The summed E-state index contributed by atoms with van der Waals surface area (Å²) in [5.74, 6) is -0.242. The van der Waals surface area contributed by atoms with Crippen molar-refractivity contribution in [2.75, 3.05) is 0 Å². The molecular formula is C21H32BFN2O. The monoisotopic (exact) mass is 358 g/mol. The molecule has 1 amide bonds. The van der Waals surface area contributed by atoms with Crippen LogP contribution in [-0.2, 0) is 0 Å². The number of carbonyl (C=O) groups is 1. The molecule has 5 heteroatoms. The maximum atomic E-state index is 14.2. The summed E-state index contributed by atoms with van der Waals surface area (Å²) in [6.45, 7) is 0. The maximum Gasteiger partial charge on any atom is 0.269 e. The average molecular weight is 358 g/mol. The molecular weight excluding hydrogens is 326 g/mol.